The van der Waals surface area contributed by atoms with E-state index in [4.69, 9.17) is 21.1 Å². The predicted octanol–water partition coefficient (Wildman–Crippen LogP) is 2.87. The third kappa shape index (κ3) is 4.62. The maximum atomic E-state index is 10.1. The summed E-state index contributed by atoms with van der Waals surface area (Å²) < 4.78 is 11.5. The molecule has 2 aromatic carbocycles. The van der Waals surface area contributed by atoms with Crippen molar-refractivity contribution < 1.29 is 24.8 Å². The summed E-state index contributed by atoms with van der Waals surface area (Å²) in [5.74, 6) is 0.828. The van der Waals surface area contributed by atoms with Gasteiger partial charge in [0.15, 0.2) is 0 Å². The van der Waals surface area contributed by atoms with E-state index in [2.05, 4.69) is 0 Å². The van der Waals surface area contributed by atoms with E-state index in [9.17, 15) is 15.3 Å². The van der Waals surface area contributed by atoms with Gasteiger partial charge in [0.05, 0.1) is 25.4 Å². The van der Waals surface area contributed by atoms with Crippen LogP contribution in [0.15, 0.2) is 42.5 Å². The molecule has 0 saturated carbocycles. The lowest BCUT2D eigenvalue weighted by atomic mass is 9.92. The molecule has 1 aliphatic rings. The van der Waals surface area contributed by atoms with Gasteiger partial charge in [-0.25, -0.2) is 0 Å². The average molecular weight is 393 g/mol. The van der Waals surface area contributed by atoms with Gasteiger partial charge in [0.2, 0.25) is 0 Å². The fourth-order valence-corrected chi connectivity index (χ4v) is 3.59. The van der Waals surface area contributed by atoms with Crippen molar-refractivity contribution in [3.05, 3.63) is 64.2 Å². The number of hydrogen-bond acceptors (Lipinski definition) is 5. The van der Waals surface area contributed by atoms with Crippen LogP contribution in [0.25, 0.3) is 0 Å². The normalized spacial score (nSPS) is 25.4. The summed E-state index contributed by atoms with van der Waals surface area (Å²) in [5.41, 5.74) is 2.81. The van der Waals surface area contributed by atoms with Gasteiger partial charge in [-0.3, -0.25) is 0 Å². The number of para-hydroxylation sites is 1. The van der Waals surface area contributed by atoms with Gasteiger partial charge in [-0.05, 0) is 35.7 Å². The zero-order valence-electron chi connectivity index (χ0n) is 15.2. The van der Waals surface area contributed by atoms with E-state index in [-0.39, 0.29) is 13.0 Å². The molecule has 0 spiro atoms. The van der Waals surface area contributed by atoms with Gasteiger partial charge in [0.25, 0.3) is 0 Å². The topological polar surface area (TPSA) is 79.2 Å². The van der Waals surface area contributed by atoms with E-state index < -0.39 is 24.4 Å². The average Bonchev–Trinajstić information content (AvgIpc) is 2.67. The Morgan fingerprint density at radius 3 is 2.67 bits per heavy atom. The summed E-state index contributed by atoms with van der Waals surface area (Å²) in [5, 5.41) is 30.0. The number of aliphatic hydroxyl groups is 3. The van der Waals surface area contributed by atoms with Crippen LogP contribution in [0.5, 0.6) is 5.75 Å². The van der Waals surface area contributed by atoms with E-state index in [1.165, 1.54) is 0 Å². The molecule has 27 heavy (non-hydrogen) atoms. The van der Waals surface area contributed by atoms with Crippen LogP contribution in [0.4, 0.5) is 0 Å². The van der Waals surface area contributed by atoms with Crippen molar-refractivity contribution >= 4 is 11.6 Å². The first-order valence-electron chi connectivity index (χ1n) is 9.15. The van der Waals surface area contributed by atoms with Crippen molar-refractivity contribution in [1.29, 1.82) is 0 Å². The first-order chi connectivity index (χ1) is 13.0. The van der Waals surface area contributed by atoms with Crippen LogP contribution < -0.4 is 4.74 Å². The molecule has 1 saturated heterocycles. The molecule has 0 aliphatic carbocycles. The molecule has 146 valence electrons. The predicted molar refractivity (Wildman–Crippen MR) is 103 cm³/mol. The maximum Gasteiger partial charge on any atom is 0.122 e. The first-order valence-corrected chi connectivity index (χ1v) is 9.52. The van der Waals surface area contributed by atoms with Gasteiger partial charge in [-0.1, -0.05) is 41.9 Å². The number of hydrogen-bond donors (Lipinski definition) is 3. The van der Waals surface area contributed by atoms with Gasteiger partial charge < -0.3 is 24.8 Å². The van der Waals surface area contributed by atoms with Crippen molar-refractivity contribution in [2.24, 2.45) is 0 Å². The Labute approximate surface area is 164 Å². The number of ether oxygens (including phenoxy) is 2. The van der Waals surface area contributed by atoms with Gasteiger partial charge in [0.1, 0.15) is 18.0 Å². The monoisotopic (exact) mass is 392 g/mol. The molecular formula is C21H25ClO5. The molecule has 3 N–H and O–H groups in total. The highest BCUT2D eigenvalue weighted by Gasteiger charge is 2.37. The Bertz CT molecular complexity index is 766. The Balaban J connectivity index is 1.85. The number of aliphatic hydroxyl groups excluding tert-OH is 3. The molecule has 4 atom stereocenters. The highest BCUT2D eigenvalue weighted by atomic mass is 35.5. The quantitative estimate of drug-likeness (QED) is 0.704. The third-order valence-electron chi connectivity index (χ3n) is 4.84. The highest BCUT2D eigenvalue weighted by Crippen LogP contribution is 2.34. The molecule has 2 aromatic rings. The van der Waals surface area contributed by atoms with Crippen LogP contribution in [0.1, 0.15) is 36.1 Å². The van der Waals surface area contributed by atoms with Crippen LogP contribution in [0.2, 0.25) is 5.02 Å². The van der Waals surface area contributed by atoms with Crippen molar-refractivity contribution in [2.45, 2.75) is 44.2 Å². The minimum absolute atomic E-state index is 0.258. The summed E-state index contributed by atoms with van der Waals surface area (Å²) in [6.45, 7) is 2.18. The highest BCUT2D eigenvalue weighted by molar-refractivity contribution is 6.31. The standard InChI is InChI=1S/C21H25ClO5/c1-2-26-18-6-4-3-5-13(18)9-15-10-14(7-8-16(15)22)19-11-17(24)21(25)20(12-23)27-19/h3-8,10,17,19-21,23-25H,2,9,11-12H2,1H3/t17?,19?,20?,21-/m0/s1. The second-order valence-corrected chi connectivity index (χ2v) is 7.11. The number of benzene rings is 2. The molecule has 1 heterocycles. The third-order valence-corrected chi connectivity index (χ3v) is 5.21. The summed E-state index contributed by atoms with van der Waals surface area (Å²) in [7, 11) is 0. The molecule has 0 amide bonds. The largest absolute Gasteiger partial charge is 0.494 e. The molecule has 5 nitrogen and oxygen atoms in total. The lowest BCUT2D eigenvalue weighted by Gasteiger charge is -2.36. The minimum Gasteiger partial charge on any atom is -0.494 e. The van der Waals surface area contributed by atoms with E-state index in [0.717, 1.165) is 22.4 Å². The van der Waals surface area contributed by atoms with Crippen molar-refractivity contribution in [3.63, 3.8) is 0 Å². The Kier molecular flexibility index (Phi) is 6.73. The van der Waals surface area contributed by atoms with Gasteiger partial charge in [0, 0.05) is 17.9 Å². The van der Waals surface area contributed by atoms with Crippen LogP contribution in [-0.2, 0) is 11.2 Å². The molecule has 0 aromatic heterocycles. The van der Waals surface area contributed by atoms with E-state index in [1.807, 2.05) is 49.4 Å². The molecule has 0 radical (unpaired) electrons. The van der Waals surface area contributed by atoms with Crippen LogP contribution in [-0.4, -0.2) is 46.8 Å². The lowest BCUT2D eigenvalue weighted by molar-refractivity contribution is -0.181. The van der Waals surface area contributed by atoms with Gasteiger partial charge >= 0.3 is 0 Å². The zero-order valence-corrected chi connectivity index (χ0v) is 16.0. The summed E-state index contributed by atoms with van der Waals surface area (Å²) in [6.07, 6.45) is -2.40. The molecule has 0 bridgehead atoms. The fraction of sp³-hybridized carbons (Fsp3) is 0.429. The second kappa shape index (κ2) is 9.04. The van der Waals surface area contributed by atoms with Gasteiger partial charge in [-0.2, -0.15) is 0 Å². The molecular weight excluding hydrogens is 368 g/mol. The Morgan fingerprint density at radius 1 is 1.15 bits per heavy atom. The molecule has 6 heteroatoms. The smallest absolute Gasteiger partial charge is 0.122 e. The number of rotatable bonds is 6. The lowest BCUT2D eigenvalue weighted by Crippen LogP contribution is -2.47. The Morgan fingerprint density at radius 2 is 1.93 bits per heavy atom. The van der Waals surface area contributed by atoms with E-state index >= 15 is 0 Å². The number of halogens is 1. The van der Waals surface area contributed by atoms with E-state index in [1.54, 1.807) is 0 Å². The summed E-state index contributed by atoms with van der Waals surface area (Å²) >= 11 is 6.41. The Hall–Kier alpha value is -1.63. The first kappa shape index (κ1) is 20.1. The molecule has 1 fully saturated rings. The SMILES string of the molecule is CCOc1ccccc1Cc1cc(C2CC(O)[C@H](O)C(CO)O2)ccc1Cl. The van der Waals surface area contributed by atoms with Crippen LogP contribution in [0, 0.1) is 0 Å². The van der Waals surface area contributed by atoms with Gasteiger partial charge in [-0.15, -0.1) is 0 Å². The van der Waals surface area contributed by atoms with Crippen molar-refractivity contribution in [1.82, 2.24) is 0 Å². The van der Waals surface area contributed by atoms with Crippen molar-refractivity contribution in [2.75, 3.05) is 13.2 Å². The van der Waals surface area contributed by atoms with Crippen LogP contribution >= 0.6 is 11.6 Å². The molecule has 3 rings (SSSR count). The second-order valence-electron chi connectivity index (χ2n) is 6.71. The zero-order chi connectivity index (χ0) is 19.4. The minimum atomic E-state index is -1.09. The molecule has 1 aliphatic heterocycles. The summed E-state index contributed by atoms with van der Waals surface area (Å²) in [4.78, 5) is 0. The van der Waals surface area contributed by atoms with Crippen molar-refractivity contribution in [3.8, 4) is 5.75 Å². The molecule has 3 unspecified atom stereocenters. The maximum absolute atomic E-state index is 10.1. The fourth-order valence-electron chi connectivity index (χ4n) is 3.40. The van der Waals surface area contributed by atoms with Crippen LogP contribution in [0.3, 0.4) is 0 Å². The summed E-state index contributed by atoms with van der Waals surface area (Å²) in [6, 6.07) is 13.5. The van der Waals surface area contributed by atoms with E-state index in [0.29, 0.717) is 18.1 Å².